The van der Waals surface area contributed by atoms with Crippen LogP contribution in [-0.4, -0.2) is 32.7 Å². The number of carbonyl (C=O) groups excluding carboxylic acids is 1. The summed E-state index contributed by atoms with van der Waals surface area (Å²) in [4.78, 5) is 13.0. The molecule has 0 saturated heterocycles. The van der Waals surface area contributed by atoms with E-state index in [1.54, 1.807) is 36.4 Å². The molecule has 3 N–H and O–H groups in total. The Labute approximate surface area is 239 Å². The van der Waals surface area contributed by atoms with E-state index in [1.165, 1.54) is 12.1 Å². The van der Waals surface area contributed by atoms with Gasteiger partial charge in [-0.1, -0.05) is 48.5 Å². The van der Waals surface area contributed by atoms with Crippen molar-refractivity contribution in [3.63, 3.8) is 0 Å². The first-order valence-corrected chi connectivity index (χ1v) is 14.3. The highest BCUT2D eigenvalue weighted by Crippen LogP contribution is 2.24. The third kappa shape index (κ3) is 7.58. The molecule has 0 aliphatic carbocycles. The molecule has 0 aliphatic heterocycles. The maximum Gasteiger partial charge on any atom is 0.261 e. The number of benzene rings is 4. The minimum Gasteiger partial charge on any atom is -0.490 e. The highest BCUT2D eigenvalue weighted by molar-refractivity contribution is 7.92. The average molecular weight is 576 g/mol. The van der Waals surface area contributed by atoms with Crippen LogP contribution < -0.4 is 24.8 Å². The highest BCUT2D eigenvalue weighted by atomic mass is 32.2. The van der Waals surface area contributed by atoms with Crippen LogP contribution in [0.1, 0.15) is 21.5 Å². The zero-order valence-corrected chi connectivity index (χ0v) is 23.6. The summed E-state index contributed by atoms with van der Waals surface area (Å²) in [6.07, 6.45) is 0. The van der Waals surface area contributed by atoms with Gasteiger partial charge >= 0.3 is 0 Å². The van der Waals surface area contributed by atoms with Crippen LogP contribution in [0.5, 0.6) is 11.5 Å². The Morgan fingerprint density at radius 2 is 1.40 bits per heavy atom. The molecule has 4 aromatic rings. The molecule has 0 spiro atoms. The largest absolute Gasteiger partial charge is 0.490 e. The molecule has 1 amide bonds. The Bertz CT molecular complexity index is 1570. The van der Waals surface area contributed by atoms with Crippen LogP contribution in [0, 0.1) is 13.8 Å². The van der Waals surface area contributed by atoms with E-state index in [-0.39, 0.29) is 16.6 Å². The van der Waals surface area contributed by atoms with Crippen molar-refractivity contribution < 1.29 is 22.7 Å². The fourth-order valence-corrected chi connectivity index (χ4v) is 5.24. The van der Waals surface area contributed by atoms with E-state index < -0.39 is 15.9 Å². The van der Waals surface area contributed by atoms with Crippen molar-refractivity contribution in [2.75, 3.05) is 23.3 Å². The first-order valence-electron chi connectivity index (χ1n) is 12.4. The number of hydrogen-bond donors (Lipinski definition) is 3. The van der Waals surface area contributed by atoms with Gasteiger partial charge in [-0.3, -0.25) is 14.8 Å². The molecule has 0 radical (unpaired) electrons. The molecule has 40 heavy (non-hydrogen) atoms. The van der Waals surface area contributed by atoms with Crippen LogP contribution in [0.3, 0.4) is 0 Å². The van der Waals surface area contributed by atoms with Gasteiger partial charge in [-0.25, -0.2) is 8.42 Å². The van der Waals surface area contributed by atoms with Gasteiger partial charge in [0, 0.05) is 5.69 Å². The summed E-state index contributed by atoms with van der Waals surface area (Å²) in [5.74, 6) is 0.677. The fraction of sp³-hybridized carbons (Fsp3) is 0.133. The van der Waals surface area contributed by atoms with Crippen LogP contribution in [0.25, 0.3) is 0 Å². The van der Waals surface area contributed by atoms with Gasteiger partial charge in [0.25, 0.3) is 15.9 Å². The molecule has 8 nitrogen and oxygen atoms in total. The molecule has 206 valence electrons. The number of rotatable bonds is 10. The van der Waals surface area contributed by atoms with Gasteiger partial charge in [0.05, 0.1) is 16.1 Å². The molecule has 4 rings (SSSR count). The predicted octanol–water partition coefficient (Wildman–Crippen LogP) is 5.69. The summed E-state index contributed by atoms with van der Waals surface area (Å²) in [5.41, 5.74) is 3.04. The summed E-state index contributed by atoms with van der Waals surface area (Å²) >= 11 is 5.30. The Hall–Kier alpha value is -4.41. The predicted molar refractivity (Wildman–Crippen MR) is 161 cm³/mol. The number of carbonyl (C=O) groups is 1. The third-order valence-electron chi connectivity index (χ3n) is 5.85. The molecule has 0 aliphatic rings. The summed E-state index contributed by atoms with van der Waals surface area (Å²) in [6, 6.07) is 27.8. The normalized spacial score (nSPS) is 10.8. The molecule has 0 heterocycles. The Morgan fingerprint density at radius 3 is 2.10 bits per heavy atom. The van der Waals surface area contributed by atoms with Crippen LogP contribution >= 0.6 is 12.2 Å². The monoisotopic (exact) mass is 575 g/mol. The Morgan fingerprint density at radius 1 is 0.775 bits per heavy atom. The SMILES string of the molecule is Cc1cccc(C)c1NS(=O)(=O)c1ccc(NC(=S)NC(=O)c2ccccc2OCCOc2ccccc2)cc1. The topological polar surface area (TPSA) is 106 Å². The molecular formula is C30H29N3O5S2. The van der Waals surface area contributed by atoms with Crippen molar-refractivity contribution in [3.05, 3.63) is 114 Å². The number of thiocarbonyl (C=S) groups is 1. The molecular weight excluding hydrogens is 546 g/mol. The summed E-state index contributed by atoms with van der Waals surface area (Å²) < 4.78 is 39.9. The lowest BCUT2D eigenvalue weighted by atomic mass is 10.1. The van der Waals surface area contributed by atoms with Crippen molar-refractivity contribution in [1.82, 2.24) is 5.32 Å². The second kappa shape index (κ2) is 13.1. The van der Waals surface area contributed by atoms with Gasteiger partial charge < -0.3 is 14.8 Å². The van der Waals surface area contributed by atoms with Gasteiger partial charge in [0.2, 0.25) is 0 Å². The molecule has 4 aromatic carbocycles. The lowest BCUT2D eigenvalue weighted by molar-refractivity contribution is 0.0972. The summed E-state index contributed by atoms with van der Waals surface area (Å²) in [7, 11) is -3.79. The van der Waals surface area contributed by atoms with E-state index in [2.05, 4.69) is 15.4 Å². The van der Waals surface area contributed by atoms with Crippen LogP contribution in [0.4, 0.5) is 11.4 Å². The second-order valence-electron chi connectivity index (χ2n) is 8.81. The molecule has 0 aromatic heterocycles. The van der Waals surface area contributed by atoms with Crippen LogP contribution in [-0.2, 0) is 10.0 Å². The van der Waals surface area contributed by atoms with E-state index in [9.17, 15) is 13.2 Å². The maximum atomic E-state index is 12.9. The van der Waals surface area contributed by atoms with Crippen molar-refractivity contribution in [1.29, 1.82) is 0 Å². The fourth-order valence-electron chi connectivity index (χ4n) is 3.83. The average Bonchev–Trinajstić information content (AvgIpc) is 2.94. The van der Waals surface area contributed by atoms with E-state index in [1.807, 2.05) is 62.4 Å². The second-order valence-corrected chi connectivity index (χ2v) is 10.9. The molecule has 0 bridgehead atoms. The first-order chi connectivity index (χ1) is 19.2. The van der Waals surface area contributed by atoms with Crippen molar-refractivity contribution in [2.45, 2.75) is 18.7 Å². The van der Waals surface area contributed by atoms with E-state index in [0.29, 0.717) is 29.3 Å². The number of sulfonamides is 1. The third-order valence-corrected chi connectivity index (χ3v) is 7.42. The van der Waals surface area contributed by atoms with Crippen molar-refractivity contribution >= 4 is 44.6 Å². The lowest BCUT2D eigenvalue weighted by Crippen LogP contribution is -2.34. The van der Waals surface area contributed by atoms with E-state index >= 15 is 0 Å². The molecule has 10 heteroatoms. The summed E-state index contributed by atoms with van der Waals surface area (Å²) in [5, 5.41) is 5.59. The van der Waals surface area contributed by atoms with Crippen molar-refractivity contribution in [3.8, 4) is 11.5 Å². The first kappa shape index (κ1) is 28.6. The Kier molecular flexibility index (Phi) is 9.36. The smallest absolute Gasteiger partial charge is 0.261 e. The van der Waals surface area contributed by atoms with Gasteiger partial charge in [0.1, 0.15) is 24.7 Å². The minimum atomic E-state index is -3.79. The number of ether oxygens (including phenoxy) is 2. The van der Waals surface area contributed by atoms with Crippen LogP contribution in [0.15, 0.2) is 102 Å². The maximum absolute atomic E-state index is 12.9. The molecule has 0 unspecified atom stereocenters. The number of para-hydroxylation sites is 3. The quantitative estimate of drug-likeness (QED) is 0.165. The van der Waals surface area contributed by atoms with E-state index in [0.717, 1.165) is 16.9 Å². The van der Waals surface area contributed by atoms with Gasteiger partial charge in [0.15, 0.2) is 5.11 Å². The lowest BCUT2D eigenvalue weighted by Gasteiger charge is -2.14. The number of hydrogen-bond acceptors (Lipinski definition) is 6. The number of nitrogens with one attached hydrogen (secondary N) is 3. The number of amides is 1. The zero-order chi connectivity index (χ0) is 28.5. The van der Waals surface area contributed by atoms with Gasteiger partial charge in [-0.2, -0.15) is 0 Å². The molecule has 0 fully saturated rings. The standard InChI is InChI=1S/C30H29N3O5S2/c1-21-9-8-10-22(2)28(21)33-40(35,36)25-17-15-23(16-18-25)31-30(39)32-29(34)26-13-6-7-14-27(26)38-20-19-37-24-11-4-3-5-12-24/h3-18,33H,19-20H2,1-2H3,(H2,31,32,34,39). The number of aryl methyl sites for hydroxylation is 2. The zero-order valence-electron chi connectivity index (χ0n) is 22.0. The minimum absolute atomic E-state index is 0.0523. The summed E-state index contributed by atoms with van der Waals surface area (Å²) in [6.45, 7) is 4.25. The van der Waals surface area contributed by atoms with Crippen LogP contribution in [0.2, 0.25) is 0 Å². The van der Waals surface area contributed by atoms with E-state index in [4.69, 9.17) is 21.7 Å². The Balaban J connectivity index is 1.32. The molecule has 0 saturated carbocycles. The molecule has 0 atom stereocenters. The highest BCUT2D eigenvalue weighted by Gasteiger charge is 2.17. The van der Waals surface area contributed by atoms with Gasteiger partial charge in [-0.15, -0.1) is 0 Å². The number of anilines is 2. The van der Waals surface area contributed by atoms with Gasteiger partial charge in [-0.05, 0) is 85.7 Å². The van der Waals surface area contributed by atoms with Crippen molar-refractivity contribution in [2.24, 2.45) is 0 Å².